The molecule has 0 amide bonds. The highest BCUT2D eigenvalue weighted by Crippen LogP contribution is 2.15. The molecule has 1 atom stereocenters. The number of hydrogen-bond donors (Lipinski definition) is 2. The summed E-state index contributed by atoms with van der Waals surface area (Å²) in [7, 11) is 0. The molecule has 2 aromatic heterocycles. The van der Waals surface area contributed by atoms with Crippen molar-refractivity contribution in [1.29, 1.82) is 0 Å². The summed E-state index contributed by atoms with van der Waals surface area (Å²) in [6.07, 6.45) is 4.60. The van der Waals surface area contributed by atoms with Gasteiger partial charge in [0.15, 0.2) is 5.82 Å². The number of benzene rings is 1. The molecule has 0 aliphatic heterocycles. The first kappa shape index (κ1) is 13.5. The summed E-state index contributed by atoms with van der Waals surface area (Å²) in [6, 6.07) is 7.83. The van der Waals surface area contributed by atoms with Crippen molar-refractivity contribution < 1.29 is 4.52 Å². The van der Waals surface area contributed by atoms with Crippen LogP contribution in [0.25, 0.3) is 0 Å². The molecule has 1 aromatic carbocycles. The van der Waals surface area contributed by atoms with Crippen LogP contribution in [0.1, 0.15) is 34.6 Å². The molecule has 3 aromatic rings. The molecule has 6 heteroatoms. The van der Waals surface area contributed by atoms with E-state index in [-0.39, 0.29) is 6.04 Å². The SMILES string of the molecule is Cc1ccccc1Cc1noc([C@@H](N)Cc2cnc[nH]2)n1. The molecule has 0 spiro atoms. The van der Waals surface area contributed by atoms with E-state index >= 15 is 0 Å². The van der Waals surface area contributed by atoms with Crippen molar-refractivity contribution in [3.63, 3.8) is 0 Å². The lowest BCUT2D eigenvalue weighted by molar-refractivity contribution is 0.350. The summed E-state index contributed by atoms with van der Waals surface area (Å²) in [5.41, 5.74) is 9.42. The van der Waals surface area contributed by atoms with Gasteiger partial charge < -0.3 is 15.2 Å². The third-order valence-corrected chi connectivity index (χ3v) is 3.41. The van der Waals surface area contributed by atoms with E-state index in [1.54, 1.807) is 12.5 Å². The lowest BCUT2D eigenvalue weighted by atomic mass is 10.1. The van der Waals surface area contributed by atoms with Gasteiger partial charge in [0.1, 0.15) is 0 Å². The van der Waals surface area contributed by atoms with Gasteiger partial charge in [0.2, 0.25) is 5.89 Å². The number of aromatic amines is 1. The number of aromatic nitrogens is 4. The molecule has 6 nitrogen and oxygen atoms in total. The van der Waals surface area contributed by atoms with E-state index < -0.39 is 0 Å². The fraction of sp³-hybridized carbons (Fsp3) is 0.267. The molecule has 21 heavy (non-hydrogen) atoms. The first-order chi connectivity index (χ1) is 10.2. The van der Waals surface area contributed by atoms with Crippen LogP contribution in [0.2, 0.25) is 0 Å². The van der Waals surface area contributed by atoms with Crippen molar-refractivity contribution in [2.45, 2.75) is 25.8 Å². The quantitative estimate of drug-likeness (QED) is 0.746. The Balaban J connectivity index is 1.70. The Morgan fingerprint density at radius 1 is 1.33 bits per heavy atom. The Bertz CT molecular complexity index is 704. The number of aryl methyl sites for hydroxylation is 1. The van der Waals surface area contributed by atoms with E-state index in [0.29, 0.717) is 24.6 Å². The molecule has 0 fully saturated rings. The Kier molecular flexibility index (Phi) is 3.79. The maximum absolute atomic E-state index is 6.08. The molecule has 0 unspecified atom stereocenters. The van der Waals surface area contributed by atoms with Crippen molar-refractivity contribution >= 4 is 0 Å². The molecular weight excluding hydrogens is 266 g/mol. The summed E-state index contributed by atoms with van der Waals surface area (Å²) in [6.45, 7) is 2.07. The number of imidazole rings is 1. The average molecular weight is 283 g/mol. The highest BCUT2D eigenvalue weighted by Gasteiger charge is 2.16. The van der Waals surface area contributed by atoms with Gasteiger partial charge in [-0.15, -0.1) is 0 Å². The molecular formula is C15H17N5O. The lowest BCUT2D eigenvalue weighted by Crippen LogP contribution is -2.14. The maximum Gasteiger partial charge on any atom is 0.243 e. The van der Waals surface area contributed by atoms with Crippen molar-refractivity contribution in [1.82, 2.24) is 20.1 Å². The second kappa shape index (κ2) is 5.88. The van der Waals surface area contributed by atoms with Gasteiger partial charge in [0, 0.05) is 24.7 Å². The van der Waals surface area contributed by atoms with Crippen LogP contribution >= 0.6 is 0 Å². The predicted molar refractivity (Wildman–Crippen MR) is 77.5 cm³/mol. The predicted octanol–water partition coefficient (Wildman–Crippen LogP) is 1.93. The third-order valence-electron chi connectivity index (χ3n) is 3.41. The molecule has 2 heterocycles. The van der Waals surface area contributed by atoms with Gasteiger partial charge in [-0.1, -0.05) is 29.4 Å². The van der Waals surface area contributed by atoms with Crippen molar-refractivity contribution in [2.75, 3.05) is 0 Å². The van der Waals surface area contributed by atoms with E-state index in [0.717, 1.165) is 5.69 Å². The molecule has 3 N–H and O–H groups in total. The van der Waals surface area contributed by atoms with Gasteiger partial charge in [0.05, 0.1) is 12.4 Å². The Hall–Kier alpha value is -2.47. The van der Waals surface area contributed by atoms with Crippen LogP contribution in [-0.4, -0.2) is 20.1 Å². The summed E-state index contributed by atoms with van der Waals surface area (Å²) in [4.78, 5) is 11.4. The van der Waals surface area contributed by atoms with Gasteiger partial charge in [-0.25, -0.2) is 4.98 Å². The Morgan fingerprint density at radius 2 is 2.19 bits per heavy atom. The minimum atomic E-state index is -0.330. The number of H-pyrrole nitrogens is 1. The van der Waals surface area contributed by atoms with E-state index in [1.807, 2.05) is 12.1 Å². The molecule has 3 rings (SSSR count). The normalized spacial score (nSPS) is 12.5. The number of rotatable bonds is 5. The van der Waals surface area contributed by atoms with E-state index in [9.17, 15) is 0 Å². The van der Waals surface area contributed by atoms with Gasteiger partial charge in [-0.2, -0.15) is 4.98 Å². The summed E-state index contributed by atoms with van der Waals surface area (Å²) in [5, 5.41) is 4.01. The number of nitrogens with one attached hydrogen (secondary N) is 1. The first-order valence-corrected chi connectivity index (χ1v) is 6.82. The smallest absolute Gasteiger partial charge is 0.243 e. The topological polar surface area (TPSA) is 93.6 Å². The summed E-state index contributed by atoms with van der Waals surface area (Å²) >= 11 is 0. The van der Waals surface area contributed by atoms with Crippen molar-refractivity contribution in [2.24, 2.45) is 5.73 Å². The van der Waals surface area contributed by atoms with Crippen LogP contribution in [0.4, 0.5) is 0 Å². The molecule has 0 aliphatic rings. The van der Waals surface area contributed by atoms with E-state index in [1.165, 1.54) is 11.1 Å². The van der Waals surface area contributed by atoms with Crippen molar-refractivity contribution in [3.05, 3.63) is 65.3 Å². The number of nitrogens with zero attached hydrogens (tertiary/aromatic N) is 3. The van der Waals surface area contributed by atoms with Gasteiger partial charge in [-0.05, 0) is 18.1 Å². The molecule has 0 bridgehead atoms. The zero-order valence-corrected chi connectivity index (χ0v) is 11.8. The minimum Gasteiger partial charge on any atom is -0.348 e. The Labute approximate surface area is 122 Å². The van der Waals surface area contributed by atoms with E-state index in [4.69, 9.17) is 10.3 Å². The highest BCUT2D eigenvalue weighted by atomic mass is 16.5. The molecule has 108 valence electrons. The largest absolute Gasteiger partial charge is 0.348 e. The third kappa shape index (κ3) is 3.17. The van der Waals surface area contributed by atoms with Gasteiger partial charge >= 0.3 is 0 Å². The Morgan fingerprint density at radius 3 is 2.95 bits per heavy atom. The van der Waals surface area contributed by atoms with Gasteiger partial charge in [-0.3, -0.25) is 0 Å². The summed E-state index contributed by atoms with van der Waals surface area (Å²) in [5.74, 6) is 1.10. The van der Waals surface area contributed by atoms with Crippen LogP contribution in [0.5, 0.6) is 0 Å². The average Bonchev–Trinajstić information content (AvgIpc) is 3.13. The van der Waals surface area contributed by atoms with Crippen LogP contribution in [0, 0.1) is 6.92 Å². The lowest BCUT2D eigenvalue weighted by Gasteiger charge is -2.03. The minimum absolute atomic E-state index is 0.330. The molecule has 0 aliphatic carbocycles. The van der Waals surface area contributed by atoms with Crippen LogP contribution in [-0.2, 0) is 12.8 Å². The highest BCUT2D eigenvalue weighted by molar-refractivity contribution is 5.28. The zero-order chi connectivity index (χ0) is 14.7. The van der Waals surface area contributed by atoms with Gasteiger partial charge in [0.25, 0.3) is 0 Å². The summed E-state index contributed by atoms with van der Waals surface area (Å²) < 4.78 is 5.27. The van der Waals surface area contributed by atoms with E-state index in [2.05, 4.69) is 39.2 Å². The van der Waals surface area contributed by atoms with Crippen LogP contribution in [0.15, 0.2) is 41.3 Å². The van der Waals surface area contributed by atoms with Crippen LogP contribution < -0.4 is 5.73 Å². The maximum atomic E-state index is 6.08. The number of nitrogens with two attached hydrogens (primary N) is 1. The molecule has 0 saturated heterocycles. The fourth-order valence-corrected chi connectivity index (χ4v) is 2.19. The standard InChI is InChI=1S/C15H17N5O/c1-10-4-2-3-5-11(10)6-14-19-15(21-20-14)13(16)7-12-8-17-9-18-12/h2-5,8-9,13H,6-7,16H2,1H3,(H,17,18)/t13-/m0/s1. The van der Waals surface area contributed by atoms with Crippen molar-refractivity contribution in [3.8, 4) is 0 Å². The second-order valence-corrected chi connectivity index (χ2v) is 5.04. The fourth-order valence-electron chi connectivity index (χ4n) is 2.19. The first-order valence-electron chi connectivity index (χ1n) is 6.82. The zero-order valence-electron chi connectivity index (χ0n) is 11.8. The van der Waals surface area contributed by atoms with Crippen LogP contribution in [0.3, 0.4) is 0 Å². The molecule has 0 radical (unpaired) electrons. The molecule has 0 saturated carbocycles. The second-order valence-electron chi connectivity index (χ2n) is 5.04. The number of hydrogen-bond acceptors (Lipinski definition) is 5. The monoisotopic (exact) mass is 283 g/mol.